The number of hydrogen-bond donors (Lipinski definition) is 2. The summed E-state index contributed by atoms with van der Waals surface area (Å²) in [5.41, 5.74) is 9.32. The number of pyridine rings is 1. The number of amides is 1. The molecule has 1 amide bonds. The Bertz CT molecular complexity index is 1560. The summed E-state index contributed by atoms with van der Waals surface area (Å²) in [6.07, 6.45) is 2.24. The molecular formula is C31H32ClN5OS. The van der Waals surface area contributed by atoms with Crippen LogP contribution in [-0.2, 0) is 4.79 Å². The average Bonchev–Trinajstić information content (AvgIpc) is 3.37. The highest BCUT2D eigenvalue weighted by atomic mass is 35.5. The molecule has 1 aliphatic heterocycles. The molecule has 1 saturated heterocycles. The quantitative estimate of drug-likeness (QED) is 0.244. The first kappa shape index (κ1) is 26.9. The van der Waals surface area contributed by atoms with Crippen molar-refractivity contribution in [1.29, 1.82) is 0 Å². The Morgan fingerprint density at radius 1 is 1.03 bits per heavy atom. The van der Waals surface area contributed by atoms with Crippen LogP contribution in [0.5, 0.6) is 0 Å². The summed E-state index contributed by atoms with van der Waals surface area (Å²) >= 11 is 12.4. The summed E-state index contributed by atoms with van der Waals surface area (Å²) in [7, 11) is 0. The number of halogens is 1. The van der Waals surface area contributed by atoms with Gasteiger partial charge in [0.25, 0.3) is 0 Å². The van der Waals surface area contributed by atoms with Crippen LogP contribution in [0.4, 0.5) is 11.4 Å². The van der Waals surface area contributed by atoms with E-state index in [0.717, 1.165) is 39.7 Å². The number of carbonyl (C=O) groups is 1. The van der Waals surface area contributed by atoms with Gasteiger partial charge in [-0.1, -0.05) is 30.7 Å². The van der Waals surface area contributed by atoms with Gasteiger partial charge in [-0.05, 0) is 99.6 Å². The van der Waals surface area contributed by atoms with Crippen molar-refractivity contribution in [2.45, 2.75) is 53.1 Å². The maximum Gasteiger partial charge on any atom is 0.224 e. The summed E-state index contributed by atoms with van der Waals surface area (Å²) in [6, 6.07) is 19.6. The van der Waals surface area contributed by atoms with Crippen LogP contribution in [0.2, 0.25) is 5.02 Å². The first-order valence-electron chi connectivity index (χ1n) is 13.1. The van der Waals surface area contributed by atoms with Crippen LogP contribution in [0.1, 0.15) is 59.2 Å². The standard InChI is InChI=1S/C31H32ClN5OS/c1-6-27(38)34-25-14-13-24(16-18(25)2)37-30(29(35-31(37)39)26-12-7-8-15-33-26)28-19(3)20(4)36(21(28)5)23-11-9-10-22(32)17-23/h7-17,29-30H,6H2,1-5H3,(H,34,38)(H,35,39)/t29-,30+/m0/s1. The van der Waals surface area contributed by atoms with Crippen LogP contribution < -0.4 is 15.5 Å². The molecule has 2 atom stereocenters. The van der Waals surface area contributed by atoms with Crippen molar-refractivity contribution >= 4 is 46.2 Å². The van der Waals surface area contributed by atoms with Crippen molar-refractivity contribution in [1.82, 2.24) is 14.9 Å². The second-order valence-electron chi connectivity index (χ2n) is 9.92. The van der Waals surface area contributed by atoms with Gasteiger partial charge >= 0.3 is 0 Å². The minimum absolute atomic E-state index is 0.0126. The second-order valence-corrected chi connectivity index (χ2v) is 10.7. The molecule has 6 nitrogen and oxygen atoms in total. The Hall–Kier alpha value is -3.68. The normalized spacial score (nSPS) is 16.9. The van der Waals surface area contributed by atoms with Gasteiger partial charge in [0.15, 0.2) is 5.11 Å². The lowest BCUT2D eigenvalue weighted by atomic mass is 9.93. The van der Waals surface area contributed by atoms with Crippen LogP contribution in [0.3, 0.4) is 0 Å². The fourth-order valence-corrected chi connectivity index (χ4v) is 6.08. The number of nitrogens with one attached hydrogen (secondary N) is 2. The molecule has 2 aromatic carbocycles. The molecule has 3 heterocycles. The lowest BCUT2D eigenvalue weighted by Gasteiger charge is -2.29. The maximum atomic E-state index is 12.0. The average molecular weight is 558 g/mol. The van der Waals surface area contributed by atoms with Crippen molar-refractivity contribution in [3.8, 4) is 5.69 Å². The topological polar surface area (TPSA) is 62.2 Å². The van der Waals surface area contributed by atoms with E-state index in [0.29, 0.717) is 16.6 Å². The van der Waals surface area contributed by atoms with E-state index in [9.17, 15) is 4.79 Å². The monoisotopic (exact) mass is 557 g/mol. The third-order valence-electron chi connectivity index (χ3n) is 7.55. The number of anilines is 2. The smallest absolute Gasteiger partial charge is 0.224 e. The van der Waals surface area contributed by atoms with E-state index < -0.39 is 0 Å². The summed E-state index contributed by atoms with van der Waals surface area (Å²) in [6.45, 7) is 10.3. The van der Waals surface area contributed by atoms with Gasteiger partial charge in [-0.15, -0.1) is 0 Å². The lowest BCUT2D eigenvalue weighted by molar-refractivity contribution is -0.115. The molecule has 1 aliphatic rings. The van der Waals surface area contributed by atoms with E-state index >= 15 is 0 Å². The Kier molecular flexibility index (Phi) is 7.47. The molecular weight excluding hydrogens is 526 g/mol. The largest absolute Gasteiger partial charge is 0.351 e. The molecule has 0 unspecified atom stereocenters. The summed E-state index contributed by atoms with van der Waals surface area (Å²) in [5, 5.41) is 7.89. The fraction of sp³-hybridized carbons (Fsp3) is 0.258. The predicted octanol–water partition coefficient (Wildman–Crippen LogP) is 7.28. The molecule has 2 aromatic heterocycles. The summed E-state index contributed by atoms with van der Waals surface area (Å²) < 4.78 is 2.26. The number of aryl methyl sites for hydroxylation is 1. The third kappa shape index (κ3) is 4.92. The highest BCUT2D eigenvalue weighted by Crippen LogP contribution is 2.46. The Balaban J connectivity index is 1.68. The van der Waals surface area contributed by atoms with E-state index in [1.807, 2.05) is 68.6 Å². The minimum atomic E-state index is -0.162. The SMILES string of the molecule is CCC(=O)Nc1ccc(N2C(=S)N[C@@H](c3ccccn3)[C@H]2c2c(C)c(C)n(-c3cccc(Cl)c3)c2C)cc1C. The predicted molar refractivity (Wildman–Crippen MR) is 163 cm³/mol. The lowest BCUT2D eigenvalue weighted by Crippen LogP contribution is -2.30. The second kappa shape index (κ2) is 10.8. The number of nitrogens with zero attached hydrogens (tertiary/aromatic N) is 3. The van der Waals surface area contributed by atoms with E-state index in [1.165, 1.54) is 11.1 Å². The van der Waals surface area contributed by atoms with Crippen LogP contribution in [0.25, 0.3) is 5.69 Å². The van der Waals surface area contributed by atoms with E-state index in [1.54, 1.807) is 0 Å². The van der Waals surface area contributed by atoms with Gasteiger partial charge in [-0.2, -0.15) is 0 Å². The number of rotatable bonds is 6. The molecule has 1 fully saturated rings. The molecule has 39 heavy (non-hydrogen) atoms. The molecule has 0 saturated carbocycles. The molecule has 0 spiro atoms. The number of benzene rings is 2. The summed E-state index contributed by atoms with van der Waals surface area (Å²) in [5.74, 6) is -0.0126. The van der Waals surface area contributed by atoms with Crippen LogP contribution >= 0.6 is 23.8 Å². The Morgan fingerprint density at radius 3 is 2.49 bits per heavy atom. The molecule has 5 rings (SSSR count). The zero-order valence-corrected chi connectivity index (χ0v) is 24.3. The number of hydrogen-bond acceptors (Lipinski definition) is 3. The minimum Gasteiger partial charge on any atom is -0.351 e. The van der Waals surface area contributed by atoms with Crippen molar-refractivity contribution in [2.75, 3.05) is 10.2 Å². The van der Waals surface area contributed by atoms with Gasteiger partial charge < -0.3 is 20.1 Å². The molecule has 0 bridgehead atoms. The third-order valence-corrected chi connectivity index (χ3v) is 8.10. The van der Waals surface area contributed by atoms with Crippen molar-refractivity contribution in [2.24, 2.45) is 0 Å². The fourth-order valence-electron chi connectivity index (χ4n) is 5.55. The van der Waals surface area contributed by atoms with Gasteiger partial charge in [0.1, 0.15) is 0 Å². The van der Waals surface area contributed by atoms with Crippen LogP contribution in [0.15, 0.2) is 66.9 Å². The van der Waals surface area contributed by atoms with E-state index in [2.05, 4.69) is 53.0 Å². The van der Waals surface area contributed by atoms with Gasteiger partial charge in [0.05, 0.1) is 17.8 Å². The molecule has 2 N–H and O–H groups in total. The molecule has 0 radical (unpaired) electrons. The molecule has 4 aromatic rings. The van der Waals surface area contributed by atoms with Crippen LogP contribution in [-0.4, -0.2) is 20.6 Å². The molecule has 200 valence electrons. The van der Waals surface area contributed by atoms with Gasteiger partial charge in [-0.3, -0.25) is 9.78 Å². The molecule has 8 heteroatoms. The number of carbonyl (C=O) groups excluding carboxylic acids is 1. The van der Waals surface area contributed by atoms with Crippen LogP contribution in [0, 0.1) is 27.7 Å². The number of aromatic nitrogens is 2. The highest BCUT2D eigenvalue weighted by Gasteiger charge is 2.43. The van der Waals surface area contributed by atoms with Gasteiger partial charge in [-0.25, -0.2) is 0 Å². The van der Waals surface area contributed by atoms with E-state index in [-0.39, 0.29) is 18.0 Å². The van der Waals surface area contributed by atoms with E-state index in [4.69, 9.17) is 28.8 Å². The maximum absolute atomic E-state index is 12.0. The Labute approximate surface area is 240 Å². The van der Waals surface area contributed by atoms with Gasteiger partial charge in [0.2, 0.25) is 5.91 Å². The van der Waals surface area contributed by atoms with Crippen molar-refractivity contribution < 1.29 is 4.79 Å². The first-order valence-corrected chi connectivity index (χ1v) is 13.8. The first-order chi connectivity index (χ1) is 18.7. The zero-order chi connectivity index (χ0) is 27.8. The van der Waals surface area contributed by atoms with Crippen molar-refractivity contribution in [3.63, 3.8) is 0 Å². The van der Waals surface area contributed by atoms with Gasteiger partial charge in [0, 0.05) is 51.7 Å². The summed E-state index contributed by atoms with van der Waals surface area (Å²) in [4.78, 5) is 18.9. The van der Waals surface area contributed by atoms with Crippen molar-refractivity contribution in [3.05, 3.63) is 106 Å². The molecule has 0 aliphatic carbocycles. The zero-order valence-electron chi connectivity index (χ0n) is 22.7. The Morgan fingerprint density at radius 2 is 1.82 bits per heavy atom. The number of thiocarbonyl (C=S) groups is 1. The highest BCUT2D eigenvalue weighted by molar-refractivity contribution is 7.80.